The van der Waals surface area contributed by atoms with E-state index >= 15 is 0 Å². The molecule has 5 heterocycles. The molecular weight excluding hydrogens is 418 g/mol. The zero-order chi connectivity index (χ0) is 21.8. The lowest BCUT2D eigenvalue weighted by molar-refractivity contribution is -0.0165. The van der Waals surface area contributed by atoms with Gasteiger partial charge in [-0.1, -0.05) is 23.4 Å². The number of nitrogens with zero attached hydrogens (tertiary/aromatic N) is 3. The zero-order valence-electron chi connectivity index (χ0n) is 17.9. The van der Waals surface area contributed by atoms with Crippen LogP contribution in [0.3, 0.4) is 0 Å². The predicted octanol–water partition coefficient (Wildman–Crippen LogP) is 4.30. The molecule has 7 rings (SSSR count). The first kappa shape index (κ1) is 18.7. The fourth-order valence-electron chi connectivity index (χ4n) is 5.25. The van der Waals surface area contributed by atoms with E-state index in [9.17, 15) is 0 Å². The SMILES string of the molecule is c1cncc(-c2cc(CN3CC4(COc5cc6c(cc54)OCOC6)c4ccccc43)on2)c1. The van der Waals surface area contributed by atoms with Crippen LogP contribution in [0.15, 0.2) is 71.5 Å². The smallest absolute Gasteiger partial charge is 0.189 e. The molecule has 33 heavy (non-hydrogen) atoms. The second-order valence-electron chi connectivity index (χ2n) is 8.73. The fraction of sp³-hybridized carbons (Fsp3) is 0.231. The Kier molecular flexibility index (Phi) is 4.01. The van der Waals surface area contributed by atoms with Gasteiger partial charge >= 0.3 is 0 Å². The van der Waals surface area contributed by atoms with Crippen molar-refractivity contribution < 1.29 is 18.7 Å². The summed E-state index contributed by atoms with van der Waals surface area (Å²) in [7, 11) is 0. The van der Waals surface area contributed by atoms with Crippen LogP contribution >= 0.6 is 0 Å². The maximum Gasteiger partial charge on any atom is 0.189 e. The minimum absolute atomic E-state index is 0.255. The number of aromatic nitrogens is 2. The highest BCUT2D eigenvalue weighted by molar-refractivity contribution is 5.70. The van der Waals surface area contributed by atoms with Crippen molar-refractivity contribution in [3.05, 3.63) is 89.4 Å². The Hall–Kier alpha value is -3.84. The number of ether oxygens (including phenoxy) is 3. The quantitative estimate of drug-likeness (QED) is 0.471. The van der Waals surface area contributed by atoms with Gasteiger partial charge in [0.2, 0.25) is 0 Å². The topological polar surface area (TPSA) is 69.9 Å². The third-order valence-corrected chi connectivity index (χ3v) is 6.79. The first-order valence-electron chi connectivity index (χ1n) is 11.0. The molecule has 7 heteroatoms. The molecule has 0 N–H and O–H groups in total. The Bertz CT molecular complexity index is 1350. The van der Waals surface area contributed by atoms with Crippen LogP contribution in [0.1, 0.15) is 22.5 Å². The lowest BCUT2D eigenvalue weighted by Gasteiger charge is -2.26. The van der Waals surface area contributed by atoms with Crippen molar-refractivity contribution in [1.29, 1.82) is 0 Å². The average Bonchev–Trinajstić information content (AvgIpc) is 3.56. The van der Waals surface area contributed by atoms with Gasteiger partial charge < -0.3 is 23.6 Å². The fourth-order valence-corrected chi connectivity index (χ4v) is 5.25. The standard InChI is InChI=1S/C26H21N3O4/c1-2-6-23-20(5-1)26(15-31-25-8-18-13-30-16-32-24(18)10-21(25)26)14-29(23)12-19-9-22(28-33-19)17-4-3-7-27-11-17/h1-11H,12-16H2. The van der Waals surface area contributed by atoms with Crippen LogP contribution in [0.4, 0.5) is 5.69 Å². The van der Waals surface area contributed by atoms with E-state index in [-0.39, 0.29) is 12.2 Å². The van der Waals surface area contributed by atoms with Crippen molar-refractivity contribution in [2.24, 2.45) is 0 Å². The van der Waals surface area contributed by atoms with Crippen LogP contribution in [-0.2, 0) is 23.3 Å². The van der Waals surface area contributed by atoms with Gasteiger partial charge in [0.1, 0.15) is 23.8 Å². The molecule has 164 valence electrons. The van der Waals surface area contributed by atoms with Gasteiger partial charge in [-0.05, 0) is 35.9 Å². The summed E-state index contributed by atoms with van der Waals surface area (Å²) in [6, 6.07) is 18.6. The molecule has 1 unspecified atom stereocenters. The summed E-state index contributed by atoms with van der Waals surface area (Å²) < 4.78 is 23.2. The number of hydrogen-bond donors (Lipinski definition) is 0. The van der Waals surface area contributed by atoms with Gasteiger partial charge in [-0.15, -0.1) is 0 Å². The number of benzene rings is 2. The minimum atomic E-state index is -0.255. The van der Waals surface area contributed by atoms with E-state index in [0.29, 0.717) is 19.8 Å². The molecule has 0 saturated carbocycles. The molecule has 0 radical (unpaired) electrons. The molecule has 2 aromatic heterocycles. The number of para-hydroxylation sites is 1. The second-order valence-corrected chi connectivity index (χ2v) is 8.73. The number of anilines is 1. The van der Waals surface area contributed by atoms with Crippen molar-refractivity contribution >= 4 is 5.69 Å². The monoisotopic (exact) mass is 439 g/mol. The maximum atomic E-state index is 6.24. The molecule has 0 fully saturated rings. The second kappa shape index (κ2) is 7.08. The highest BCUT2D eigenvalue weighted by Crippen LogP contribution is 2.53. The summed E-state index contributed by atoms with van der Waals surface area (Å²) in [5.41, 5.74) is 6.14. The molecule has 0 saturated heterocycles. The molecule has 4 aromatic rings. The molecule has 1 spiro atoms. The molecule has 3 aliphatic heterocycles. The van der Waals surface area contributed by atoms with E-state index < -0.39 is 0 Å². The lowest BCUT2D eigenvalue weighted by Crippen LogP contribution is -2.35. The number of fused-ring (bicyclic) bond motifs is 5. The van der Waals surface area contributed by atoms with Crippen molar-refractivity contribution in [3.8, 4) is 22.8 Å². The van der Waals surface area contributed by atoms with E-state index in [0.717, 1.165) is 40.6 Å². The largest absolute Gasteiger partial charge is 0.492 e. The molecule has 1 atom stereocenters. The molecule has 3 aliphatic rings. The number of hydrogen-bond acceptors (Lipinski definition) is 7. The van der Waals surface area contributed by atoms with Crippen molar-refractivity contribution in [2.75, 3.05) is 24.8 Å². The Labute approximate surface area is 190 Å². The molecule has 7 nitrogen and oxygen atoms in total. The lowest BCUT2D eigenvalue weighted by atomic mass is 9.77. The van der Waals surface area contributed by atoms with Crippen molar-refractivity contribution in [3.63, 3.8) is 0 Å². The molecule has 0 aliphatic carbocycles. The number of pyridine rings is 1. The Morgan fingerprint density at radius 1 is 0.970 bits per heavy atom. The van der Waals surface area contributed by atoms with Gasteiger partial charge in [-0.25, -0.2) is 0 Å². The van der Waals surface area contributed by atoms with E-state index in [1.54, 1.807) is 12.4 Å². The predicted molar refractivity (Wildman–Crippen MR) is 120 cm³/mol. The summed E-state index contributed by atoms with van der Waals surface area (Å²) >= 11 is 0. The molecule has 2 aromatic carbocycles. The van der Waals surface area contributed by atoms with Gasteiger partial charge in [0.15, 0.2) is 12.6 Å². The van der Waals surface area contributed by atoms with E-state index in [2.05, 4.69) is 51.4 Å². The Balaban J connectivity index is 1.25. The third-order valence-electron chi connectivity index (χ3n) is 6.79. The van der Waals surface area contributed by atoms with E-state index in [1.165, 1.54) is 16.8 Å². The highest BCUT2D eigenvalue weighted by Gasteiger charge is 2.50. The summed E-state index contributed by atoms with van der Waals surface area (Å²) in [5.74, 6) is 2.61. The zero-order valence-corrected chi connectivity index (χ0v) is 17.9. The van der Waals surface area contributed by atoms with E-state index in [4.69, 9.17) is 18.7 Å². The van der Waals surface area contributed by atoms with Gasteiger partial charge in [0, 0.05) is 47.4 Å². The molecule has 0 amide bonds. The molecular formula is C26H21N3O4. The van der Waals surface area contributed by atoms with Crippen LogP contribution < -0.4 is 14.4 Å². The first-order valence-corrected chi connectivity index (χ1v) is 11.0. The summed E-state index contributed by atoms with van der Waals surface area (Å²) in [4.78, 5) is 6.53. The van der Waals surface area contributed by atoms with Crippen molar-refractivity contribution in [1.82, 2.24) is 10.1 Å². The highest BCUT2D eigenvalue weighted by atomic mass is 16.7. The summed E-state index contributed by atoms with van der Waals surface area (Å²) in [6.07, 6.45) is 3.55. The van der Waals surface area contributed by atoms with Crippen LogP contribution in [-0.4, -0.2) is 30.1 Å². The van der Waals surface area contributed by atoms with Crippen LogP contribution in [0.25, 0.3) is 11.3 Å². The average molecular weight is 439 g/mol. The minimum Gasteiger partial charge on any atom is -0.492 e. The number of rotatable bonds is 3. The maximum absolute atomic E-state index is 6.24. The van der Waals surface area contributed by atoms with E-state index in [1.807, 2.05) is 18.2 Å². The first-order chi connectivity index (χ1) is 16.3. The Morgan fingerprint density at radius 3 is 2.88 bits per heavy atom. The van der Waals surface area contributed by atoms with Crippen molar-refractivity contribution in [2.45, 2.75) is 18.6 Å². The molecule has 0 bridgehead atoms. The summed E-state index contributed by atoms with van der Waals surface area (Å²) in [6.45, 7) is 2.84. The van der Waals surface area contributed by atoms with Crippen LogP contribution in [0.5, 0.6) is 11.5 Å². The van der Waals surface area contributed by atoms with Gasteiger partial charge in [0.05, 0.1) is 18.6 Å². The normalized spacial score (nSPS) is 20.2. The van der Waals surface area contributed by atoms with Crippen LogP contribution in [0, 0.1) is 0 Å². The van der Waals surface area contributed by atoms with Gasteiger partial charge in [-0.2, -0.15) is 0 Å². The van der Waals surface area contributed by atoms with Crippen LogP contribution in [0.2, 0.25) is 0 Å². The third kappa shape index (κ3) is 2.85. The van der Waals surface area contributed by atoms with Gasteiger partial charge in [0.25, 0.3) is 0 Å². The Morgan fingerprint density at radius 2 is 1.94 bits per heavy atom. The van der Waals surface area contributed by atoms with Gasteiger partial charge in [-0.3, -0.25) is 4.98 Å². The summed E-state index contributed by atoms with van der Waals surface area (Å²) in [5, 5.41) is 4.26.